The lowest BCUT2D eigenvalue weighted by Gasteiger charge is -2.21. The fourth-order valence-electron chi connectivity index (χ4n) is 2.28. The van der Waals surface area contributed by atoms with Crippen LogP contribution in [0.2, 0.25) is 0 Å². The number of unbranched alkanes of at least 4 members (excludes halogenated alkanes) is 1. The summed E-state index contributed by atoms with van der Waals surface area (Å²) in [5.41, 5.74) is 3.29. The fourth-order valence-corrected chi connectivity index (χ4v) is 2.28. The number of hydrogen-bond acceptors (Lipinski definition) is 3. The van der Waals surface area contributed by atoms with Crippen molar-refractivity contribution < 1.29 is 4.74 Å². The first-order valence-electron chi connectivity index (χ1n) is 6.82. The van der Waals surface area contributed by atoms with Gasteiger partial charge >= 0.3 is 0 Å². The van der Waals surface area contributed by atoms with Gasteiger partial charge in [-0.1, -0.05) is 13.3 Å². The van der Waals surface area contributed by atoms with Crippen molar-refractivity contribution >= 4 is 16.6 Å². The summed E-state index contributed by atoms with van der Waals surface area (Å²) in [6, 6.07) is 8.25. The van der Waals surface area contributed by atoms with E-state index in [4.69, 9.17) is 4.74 Å². The Morgan fingerprint density at radius 1 is 1.26 bits per heavy atom. The number of hydrogen-bond donors (Lipinski definition) is 0. The van der Waals surface area contributed by atoms with Gasteiger partial charge in [0.1, 0.15) is 5.75 Å². The van der Waals surface area contributed by atoms with E-state index in [1.54, 1.807) is 7.11 Å². The van der Waals surface area contributed by atoms with Crippen molar-refractivity contribution in [2.45, 2.75) is 26.7 Å². The van der Waals surface area contributed by atoms with Crippen molar-refractivity contribution in [3.05, 3.63) is 30.0 Å². The molecule has 0 radical (unpaired) electrons. The smallest absolute Gasteiger partial charge is 0.121 e. The Balaban J connectivity index is 2.47. The molecule has 0 amide bonds. The molecule has 1 aromatic heterocycles. The third kappa shape index (κ3) is 2.98. The van der Waals surface area contributed by atoms with Gasteiger partial charge in [-0.3, -0.25) is 4.98 Å². The number of aryl methyl sites for hydroxylation is 1. The number of rotatable bonds is 5. The van der Waals surface area contributed by atoms with E-state index in [0.717, 1.165) is 23.5 Å². The lowest BCUT2D eigenvalue weighted by Crippen LogP contribution is -2.18. The quantitative estimate of drug-likeness (QED) is 0.816. The maximum atomic E-state index is 5.27. The lowest BCUT2D eigenvalue weighted by atomic mass is 10.1. The molecule has 1 heterocycles. The molecule has 102 valence electrons. The molecular weight excluding hydrogens is 236 g/mol. The molecule has 0 atom stereocenters. The van der Waals surface area contributed by atoms with Crippen LogP contribution in [0.4, 0.5) is 5.69 Å². The number of ether oxygens (including phenoxy) is 1. The van der Waals surface area contributed by atoms with Gasteiger partial charge in [-0.05, 0) is 31.5 Å². The van der Waals surface area contributed by atoms with Gasteiger partial charge in [0.05, 0.1) is 12.6 Å². The van der Waals surface area contributed by atoms with Crippen LogP contribution in [0.3, 0.4) is 0 Å². The number of benzene rings is 1. The van der Waals surface area contributed by atoms with E-state index >= 15 is 0 Å². The Hall–Kier alpha value is -1.77. The molecule has 3 nitrogen and oxygen atoms in total. The zero-order valence-electron chi connectivity index (χ0n) is 12.2. The molecule has 2 aromatic rings. The monoisotopic (exact) mass is 258 g/mol. The third-order valence-corrected chi connectivity index (χ3v) is 3.38. The van der Waals surface area contributed by atoms with Crippen molar-refractivity contribution in [1.82, 2.24) is 4.98 Å². The van der Waals surface area contributed by atoms with E-state index in [1.807, 2.05) is 19.1 Å². The molecule has 0 bridgehead atoms. The molecular formula is C16H22N2O. The van der Waals surface area contributed by atoms with Crippen LogP contribution in [-0.4, -0.2) is 25.7 Å². The Kier molecular flexibility index (Phi) is 4.25. The van der Waals surface area contributed by atoms with E-state index in [0.29, 0.717) is 0 Å². The highest BCUT2D eigenvalue weighted by Crippen LogP contribution is 2.28. The minimum absolute atomic E-state index is 0.854. The molecule has 0 saturated carbocycles. The molecule has 0 N–H and O–H groups in total. The average Bonchev–Trinajstić information content (AvgIpc) is 2.42. The minimum atomic E-state index is 0.854. The Labute approximate surface area is 115 Å². The highest BCUT2D eigenvalue weighted by Gasteiger charge is 2.09. The van der Waals surface area contributed by atoms with Crippen LogP contribution in [0.15, 0.2) is 24.3 Å². The molecule has 0 aliphatic heterocycles. The number of pyridine rings is 1. The largest absolute Gasteiger partial charge is 0.497 e. The number of aromatic nitrogens is 1. The van der Waals surface area contributed by atoms with Crippen LogP contribution in [0.1, 0.15) is 25.5 Å². The van der Waals surface area contributed by atoms with E-state index < -0.39 is 0 Å². The first kappa shape index (κ1) is 13.7. The van der Waals surface area contributed by atoms with E-state index in [1.165, 1.54) is 23.9 Å². The van der Waals surface area contributed by atoms with Gasteiger partial charge in [-0.25, -0.2) is 0 Å². The number of methoxy groups -OCH3 is 1. The topological polar surface area (TPSA) is 25.4 Å². The molecule has 19 heavy (non-hydrogen) atoms. The highest BCUT2D eigenvalue weighted by atomic mass is 16.5. The molecule has 0 unspecified atom stereocenters. The Morgan fingerprint density at radius 2 is 2.05 bits per heavy atom. The molecule has 1 aromatic carbocycles. The maximum absolute atomic E-state index is 5.27. The summed E-state index contributed by atoms with van der Waals surface area (Å²) in [4.78, 5) is 6.91. The van der Waals surface area contributed by atoms with Crippen LogP contribution in [0.25, 0.3) is 10.9 Å². The van der Waals surface area contributed by atoms with Crippen LogP contribution in [-0.2, 0) is 0 Å². The summed E-state index contributed by atoms with van der Waals surface area (Å²) in [5.74, 6) is 0.854. The van der Waals surface area contributed by atoms with Crippen molar-refractivity contribution in [2.75, 3.05) is 25.6 Å². The van der Waals surface area contributed by atoms with E-state index in [-0.39, 0.29) is 0 Å². The normalized spacial score (nSPS) is 10.7. The third-order valence-electron chi connectivity index (χ3n) is 3.38. The molecule has 3 heteroatoms. The van der Waals surface area contributed by atoms with Crippen molar-refractivity contribution in [2.24, 2.45) is 0 Å². The second kappa shape index (κ2) is 5.91. The van der Waals surface area contributed by atoms with Crippen molar-refractivity contribution in [3.63, 3.8) is 0 Å². The van der Waals surface area contributed by atoms with Crippen molar-refractivity contribution in [3.8, 4) is 5.75 Å². The van der Waals surface area contributed by atoms with Crippen LogP contribution in [0, 0.1) is 6.92 Å². The van der Waals surface area contributed by atoms with Gasteiger partial charge in [0.15, 0.2) is 0 Å². The zero-order chi connectivity index (χ0) is 13.8. The molecule has 0 saturated heterocycles. The molecule has 0 fully saturated rings. The van der Waals surface area contributed by atoms with Crippen LogP contribution in [0.5, 0.6) is 5.75 Å². The van der Waals surface area contributed by atoms with E-state index in [9.17, 15) is 0 Å². The van der Waals surface area contributed by atoms with Gasteiger partial charge < -0.3 is 9.64 Å². The second-order valence-electron chi connectivity index (χ2n) is 4.94. The standard InChI is InChI=1S/C16H22N2O/c1-5-6-9-18(3)16-10-12(2)17-15-11-13(19-4)7-8-14(15)16/h7-8,10-11H,5-6,9H2,1-4H3. The van der Waals surface area contributed by atoms with Gasteiger partial charge in [0.2, 0.25) is 0 Å². The van der Waals surface area contributed by atoms with Gasteiger partial charge in [0, 0.05) is 36.4 Å². The summed E-state index contributed by atoms with van der Waals surface area (Å²) >= 11 is 0. The van der Waals surface area contributed by atoms with Crippen molar-refractivity contribution in [1.29, 1.82) is 0 Å². The summed E-state index contributed by atoms with van der Waals surface area (Å²) in [6.45, 7) is 5.33. The summed E-state index contributed by atoms with van der Waals surface area (Å²) < 4.78 is 5.27. The summed E-state index contributed by atoms with van der Waals surface area (Å²) in [6.07, 6.45) is 2.41. The maximum Gasteiger partial charge on any atom is 0.121 e. The fraction of sp³-hybridized carbons (Fsp3) is 0.438. The van der Waals surface area contributed by atoms with Crippen LogP contribution < -0.4 is 9.64 Å². The highest BCUT2D eigenvalue weighted by molar-refractivity contribution is 5.92. The predicted molar refractivity (Wildman–Crippen MR) is 81.2 cm³/mol. The second-order valence-corrected chi connectivity index (χ2v) is 4.94. The van der Waals surface area contributed by atoms with Gasteiger partial charge in [-0.15, -0.1) is 0 Å². The predicted octanol–water partition coefficient (Wildman–Crippen LogP) is 3.79. The first-order valence-corrected chi connectivity index (χ1v) is 6.82. The number of nitrogens with zero attached hydrogens (tertiary/aromatic N) is 2. The summed E-state index contributed by atoms with van der Waals surface area (Å²) in [5, 5.41) is 1.19. The minimum Gasteiger partial charge on any atom is -0.497 e. The molecule has 0 aliphatic carbocycles. The van der Waals surface area contributed by atoms with E-state index in [2.05, 4.69) is 36.0 Å². The Morgan fingerprint density at radius 3 is 2.74 bits per heavy atom. The summed E-state index contributed by atoms with van der Waals surface area (Å²) in [7, 11) is 3.83. The number of fused-ring (bicyclic) bond motifs is 1. The molecule has 2 rings (SSSR count). The Bertz CT molecular complexity index is 566. The molecule has 0 spiro atoms. The zero-order valence-corrected chi connectivity index (χ0v) is 12.2. The average molecular weight is 258 g/mol. The molecule has 0 aliphatic rings. The van der Waals surface area contributed by atoms with Gasteiger partial charge in [-0.2, -0.15) is 0 Å². The first-order chi connectivity index (χ1) is 9.15. The lowest BCUT2D eigenvalue weighted by molar-refractivity contribution is 0.415. The van der Waals surface area contributed by atoms with Crippen LogP contribution >= 0.6 is 0 Å². The SMILES string of the molecule is CCCCN(C)c1cc(C)nc2cc(OC)ccc12. The number of anilines is 1. The van der Waals surface area contributed by atoms with Gasteiger partial charge in [0.25, 0.3) is 0 Å².